The maximum absolute atomic E-state index is 6.33. The van der Waals surface area contributed by atoms with Crippen LogP contribution in [0.1, 0.15) is 46.2 Å². The molecule has 1 aromatic rings. The minimum Gasteiger partial charge on any atom is -0.325 e. The molecule has 90 valence electrons. The minimum absolute atomic E-state index is 0.151. The van der Waals surface area contributed by atoms with Gasteiger partial charge in [-0.2, -0.15) is 5.10 Å². The second-order valence-corrected chi connectivity index (χ2v) is 6.10. The quantitative estimate of drug-likeness (QED) is 0.848. The Morgan fingerprint density at radius 2 is 2.12 bits per heavy atom. The number of rotatable bonds is 4. The van der Waals surface area contributed by atoms with E-state index in [-0.39, 0.29) is 11.0 Å². The molecule has 2 N–H and O–H groups in total. The molecular weight excluding hydrogens is 198 g/mol. The van der Waals surface area contributed by atoms with Crippen LogP contribution in [0.3, 0.4) is 0 Å². The summed E-state index contributed by atoms with van der Waals surface area (Å²) in [5.41, 5.74) is 7.67. The molecule has 0 amide bonds. The number of nitrogens with zero attached hydrogens (tertiary/aromatic N) is 2. The van der Waals surface area contributed by atoms with Crippen molar-refractivity contribution < 1.29 is 0 Å². The van der Waals surface area contributed by atoms with Gasteiger partial charge in [-0.1, -0.05) is 13.8 Å². The Balaban J connectivity index is 2.31. The van der Waals surface area contributed by atoms with Crippen molar-refractivity contribution in [1.29, 1.82) is 0 Å². The predicted molar refractivity (Wildman–Crippen MR) is 66.2 cm³/mol. The van der Waals surface area contributed by atoms with Crippen molar-refractivity contribution in [1.82, 2.24) is 9.78 Å². The molecule has 3 nitrogen and oxygen atoms in total. The van der Waals surface area contributed by atoms with Gasteiger partial charge >= 0.3 is 0 Å². The fraction of sp³-hybridized carbons (Fsp3) is 0.769. The first-order valence-corrected chi connectivity index (χ1v) is 6.18. The highest BCUT2D eigenvalue weighted by molar-refractivity contribution is 5.30. The van der Waals surface area contributed by atoms with Gasteiger partial charge in [-0.15, -0.1) is 0 Å². The van der Waals surface area contributed by atoms with Crippen LogP contribution in [0, 0.1) is 5.92 Å². The number of aromatic nitrogens is 2. The Kier molecular flexibility index (Phi) is 2.61. The number of hydrogen-bond donors (Lipinski definition) is 1. The first-order chi connectivity index (χ1) is 7.37. The lowest BCUT2D eigenvalue weighted by Gasteiger charge is -2.31. The maximum Gasteiger partial charge on any atom is 0.0492 e. The summed E-state index contributed by atoms with van der Waals surface area (Å²) in [5.74, 6) is 0.621. The fourth-order valence-electron chi connectivity index (χ4n) is 2.59. The van der Waals surface area contributed by atoms with Crippen molar-refractivity contribution in [3.63, 3.8) is 0 Å². The van der Waals surface area contributed by atoms with Crippen molar-refractivity contribution >= 4 is 0 Å². The molecule has 0 atom stereocenters. The molecule has 0 saturated heterocycles. The smallest absolute Gasteiger partial charge is 0.0492 e. The zero-order chi connectivity index (χ0) is 12.0. The summed E-state index contributed by atoms with van der Waals surface area (Å²) < 4.78 is 2.15. The normalized spacial score (nSPS) is 19.1. The van der Waals surface area contributed by atoms with Crippen LogP contribution in [0.4, 0.5) is 0 Å². The molecule has 0 bridgehead atoms. The lowest BCUT2D eigenvalue weighted by Crippen LogP contribution is -2.46. The Bertz CT molecular complexity index is 367. The number of hydrogen-bond acceptors (Lipinski definition) is 2. The highest BCUT2D eigenvalue weighted by Gasteiger charge is 2.55. The standard InChI is InChI=1S/C13H23N3/c1-10(2)9-16-11(5-8-15-16)13(6-7-13)12(3,4)14/h5,8,10H,6-7,9,14H2,1-4H3. The molecule has 2 rings (SSSR count). The van der Waals surface area contributed by atoms with Gasteiger partial charge in [0.1, 0.15) is 0 Å². The van der Waals surface area contributed by atoms with Crippen molar-refractivity contribution in [2.24, 2.45) is 11.7 Å². The van der Waals surface area contributed by atoms with Crippen molar-refractivity contribution in [2.45, 2.75) is 58.0 Å². The molecule has 1 aliphatic rings. The van der Waals surface area contributed by atoms with E-state index in [0.29, 0.717) is 5.92 Å². The molecule has 1 heterocycles. The lowest BCUT2D eigenvalue weighted by atomic mass is 9.82. The molecule has 0 radical (unpaired) electrons. The van der Waals surface area contributed by atoms with Crippen LogP contribution < -0.4 is 5.73 Å². The summed E-state index contributed by atoms with van der Waals surface area (Å²) in [4.78, 5) is 0. The van der Waals surface area contributed by atoms with E-state index in [1.54, 1.807) is 0 Å². The van der Waals surface area contributed by atoms with Crippen molar-refractivity contribution in [3.8, 4) is 0 Å². The van der Waals surface area contributed by atoms with Gasteiger partial charge in [0.05, 0.1) is 0 Å². The summed E-state index contributed by atoms with van der Waals surface area (Å²) in [6, 6.07) is 2.14. The Morgan fingerprint density at radius 3 is 2.56 bits per heavy atom. The lowest BCUT2D eigenvalue weighted by molar-refractivity contribution is 0.353. The number of nitrogens with two attached hydrogens (primary N) is 1. The van der Waals surface area contributed by atoms with Crippen molar-refractivity contribution in [2.75, 3.05) is 0 Å². The Labute approximate surface area is 98.0 Å². The Morgan fingerprint density at radius 1 is 1.50 bits per heavy atom. The highest BCUT2D eigenvalue weighted by Crippen LogP contribution is 2.54. The second-order valence-electron chi connectivity index (χ2n) is 6.10. The van der Waals surface area contributed by atoms with Gasteiger partial charge < -0.3 is 5.73 Å². The van der Waals surface area contributed by atoms with Crippen LogP contribution in [0.5, 0.6) is 0 Å². The first kappa shape index (κ1) is 11.6. The van der Waals surface area contributed by atoms with Crippen LogP contribution in [0.2, 0.25) is 0 Å². The van der Waals surface area contributed by atoms with E-state index in [1.165, 1.54) is 18.5 Å². The van der Waals surface area contributed by atoms with Gasteiger partial charge in [0.15, 0.2) is 0 Å². The van der Waals surface area contributed by atoms with E-state index in [0.717, 1.165) is 6.54 Å². The van der Waals surface area contributed by atoms with Crippen LogP contribution >= 0.6 is 0 Å². The van der Waals surface area contributed by atoms with E-state index >= 15 is 0 Å². The fourth-order valence-corrected chi connectivity index (χ4v) is 2.59. The molecule has 1 fully saturated rings. The Hall–Kier alpha value is -0.830. The van der Waals surface area contributed by atoms with Gasteiger partial charge in [0.25, 0.3) is 0 Å². The summed E-state index contributed by atoms with van der Waals surface area (Å²) in [6.07, 6.45) is 4.30. The summed E-state index contributed by atoms with van der Waals surface area (Å²) in [5, 5.41) is 4.44. The van der Waals surface area contributed by atoms with Crippen LogP contribution in [0.15, 0.2) is 12.3 Å². The summed E-state index contributed by atoms with van der Waals surface area (Å²) >= 11 is 0. The molecule has 1 aromatic heterocycles. The molecule has 1 saturated carbocycles. The van der Waals surface area contributed by atoms with Gasteiger partial charge in [-0.25, -0.2) is 0 Å². The third kappa shape index (κ3) is 1.77. The van der Waals surface area contributed by atoms with E-state index in [2.05, 4.69) is 43.5 Å². The van der Waals surface area contributed by atoms with E-state index in [1.807, 2.05) is 6.20 Å². The topological polar surface area (TPSA) is 43.8 Å². The zero-order valence-corrected chi connectivity index (χ0v) is 10.8. The van der Waals surface area contributed by atoms with Crippen LogP contribution in [-0.2, 0) is 12.0 Å². The molecule has 0 spiro atoms. The maximum atomic E-state index is 6.33. The average molecular weight is 221 g/mol. The van der Waals surface area contributed by atoms with Crippen LogP contribution in [-0.4, -0.2) is 15.3 Å². The van der Waals surface area contributed by atoms with E-state index in [4.69, 9.17) is 5.73 Å². The molecular formula is C13H23N3. The highest BCUT2D eigenvalue weighted by atomic mass is 15.3. The molecule has 0 unspecified atom stereocenters. The average Bonchev–Trinajstić information content (AvgIpc) is 2.82. The van der Waals surface area contributed by atoms with E-state index < -0.39 is 0 Å². The third-order valence-electron chi connectivity index (χ3n) is 3.73. The predicted octanol–water partition coefficient (Wildman–Crippen LogP) is 2.31. The summed E-state index contributed by atoms with van der Waals surface area (Å²) in [6.45, 7) is 9.69. The first-order valence-electron chi connectivity index (χ1n) is 6.18. The van der Waals surface area contributed by atoms with Gasteiger partial charge in [0, 0.05) is 29.4 Å². The minimum atomic E-state index is -0.151. The van der Waals surface area contributed by atoms with E-state index in [9.17, 15) is 0 Å². The van der Waals surface area contributed by atoms with Crippen molar-refractivity contribution in [3.05, 3.63) is 18.0 Å². The largest absolute Gasteiger partial charge is 0.325 e. The second kappa shape index (κ2) is 3.59. The van der Waals surface area contributed by atoms with Gasteiger partial charge in [-0.05, 0) is 38.7 Å². The zero-order valence-electron chi connectivity index (χ0n) is 10.8. The molecule has 1 aliphatic carbocycles. The van der Waals surface area contributed by atoms with Gasteiger partial charge in [-0.3, -0.25) is 4.68 Å². The monoisotopic (exact) mass is 221 g/mol. The molecule has 0 aromatic carbocycles. The molecule has 3 heteroatoms. The summed E-state index contributed by atoms with van der Waals surface area (Å²) in [7, 11) is 0. The van der Waals surface area contributed by atoms with Gasteiger partial charge in [0.2, 0.25) is 0 Å². The molecule has 16 heavy (non-hydrogen) atoms. The molecule has 0 aliphatic heterocycles. The third-order valence-corrected chi connectivity index (χ3v) is 3.73. The SMILES string of the molecule is CC(C)Cn1nccc1C1(C(C)(C)N)CC1. The van der Waals surface area contributed by atoms with Crippen LogP contribution in [0.25, 0.3) is 0 Å².